The molecule has 1 N–H and O–H groups in total. The first-order valence-corrected chi connectivity index (χ1v) is 9.29. The van der Waals surface area contributed by atoms with Crippen LogP contribution in [0.25, 0.3) is 0 Å². The fourth-order valence-electron chi connectivity index (χ4n) is 3.49. The van der Waals surface area contributed by atoms with E-state index < -0.39 is 0 Å². The lowest BCUT2D eigenvalue weighted by molar-refractivity contribution is 0.0824. The maximum absolute atomic E-state index is 12.2. The van der Waals surface area contributed by atoms with Crippen molar-refractivity contribution in [3.63, 3.8) is 0 Å². The van der Waals surface area contributed by atoms with Crippen LogP contribution in [0.5, 0.6) is 5.75 Å². The van der Waals surface area contributed by atoms with E-state index in [1.165, 1.54) is 29.7 Å². The van der Waals surface area contributed by atoms with Crippen LogP contribution in [0.3, 0.4) is 0 Å². The average molecular weight is 353 g/mol. The Morgan fingerprint density at radius 2 is 1.73 bits per heavy atom. The third kappa shape index (κ3) is 3.43. The van der Waals surface area contributed by atoms with Crippen LogP contribution < -0.4 is 10.7 Å². The minimum absolute atomic E-state index is 0.0759. The zero-order chi connectivity index (χ0) is 18.8. The Labute approximate surface area is 154 Å². The Morgan fingerprint density at radius 3 is 2.38 bits per heavy atom. The van der Waals surface area contributed by atoms with Crippen LogP contribution in [0.1, 0.15) is 53.6 Å². The molecule has 26 heavy (non-hydrogen) atoms. The maximum Gasteiger partial charge on any atom is 0.257 e. The summed E-state index contributed by atoms with van der Waals surface area (Å²) in [4.78, 5) is 23.2. The molecule has 0 atom stereocenters. The van der Waals surface area contributed by atoms with Gasteiger partial charge >= 0.3 is 0 Å². The standard InChI is InChI=1S/C21H27N3O2/c1-13-14(2)19(18(13)22-15-9-6-5-7-10-15)23-17-12-8-11-16(20(17)25)21(26)24(3)4/h8,11-12,15,25H,5-7,9-10H2,1-4H3. The van der Waals surface area contributed by atoms with Gasteiger partial charge < -0.3 is 10.0 Å². The molecule has 1 fully saturated rings. The Balaban J connectivity index is 2.04. The number of aromatic hydroxyl groups is 1. The van der Waals surface area contributed by atoms with Gasteiger partial charge in [0.15, 0.2) is 5.75 Å². The van der Waals surface area contributed by atoms with Crippen molar-refractivity contribution in [2.75, 3.05) is 14.1 Å². The molecule has 0 spiro atoms. The highest BCUT2D eigenvalue weighted by molar-refractivity contribution is 5.98. The van der Waals surface area contributed by atoms with Crippen molar-refractivity contribution in [3.8, 4) is 5.75 Å². The van der Waals surface area contributed by atoms with Gasteiger partial charge in [-0.3, -0.25) is 9.79 Å². The zero-order valence-corrected chi connectivity index (χ0v) is 16.0. The van der Waals surface area contributed by atoms with Crippen molar-refractivity contribution in [3.05, 3.63) is 45.6 Å². The Morgan fingerprint density at radius 1 is 1.08 bits per heavy atom. The topological polar surface area (TPSA) is 65.3 Å². The molecular weight excluding hydrogens is 326 g/mol. The first-order chi connectivity index (χ1) is 12.4. The van der Waals surface area contributed by atoms with Crippen molar-refractivity contribution in [1.82, 2.24) is 4.90 Å². The molecule has 0 aliphatic heterocycles. The summed E-state index contributed by atoms with van der Waals surface area (Å²) in [6.45, 7) is 4.10. The summed E-state index contributed by atoms with van der Waals surface area (Å²) in [6, 6.07) is 5.47. The highest BCUT2D eigenvalue weighted by Crippen LogP contribution is 2.30. The molecule has 5 nitrogen and oxygen atoms in total. The first-order valence-electron chi connectivity index (χ1n) is 9.29. The molecule has 0 saturated heterocycles. The van der Waals surface area contributed by atoms with Crippen molar-refractivity contribution >= 4 is 11.6 Å². The molecule has 0 bridgehead atoms. The lowest BCUT2D eigenvalue weighted by Crippen LogP contribution is -2.40. The molecule has 1 saturated carbocycles. The number of benzene rings is 1. The lowest BCUT2D eigenvalue weighted by Gasteiger charge is -2.19. The second kappa shape index (κ2) is 7.44. The minimum atomic E-state index is -0.238. The monoisotopic (exact) mass is 353 g/mol. The molecule has 138 valence electrons. The van der Waals surface area contributed by atoms with Gasteiger partial charge in [-0.05, 0) is 49.9 Å². The molecule has 3 rings (SSSR count). The third-order valence-corrected chi connectivity index (χ3v) is 5.27. The van der Waals surface area contributed by atoms with Gasteiger partial charge in [0.25, 0.3) is 5.91 Å². The molecular formula is C21H27N3O2. The number of carbonyl (C=O) groups excluding carboxylic acids is 1. The lowest BCUT2D eigenvalue weighted by atomic mass is 9.95. The highest BCUT2D eigenvalue weighted by Gasteiger charge is 2.18. The van der Waals surface area contributed by atoms with Crippen LogP contribution in [-0.2, 0) is 0 Å². The molecule has 0 unspecified atom stereocenters. The van der Waals surface area contributed by atoms with Gasteiger partial charge in [-0.1, -0.05) is 25.3 Å². The predicted molar refractivity (Wildman–Crippen MR) is 102 cm³/mol. The molecule has 0 radical (unpaired) electrons. The van der Waals surface area contributed by atoms with Crippen LogP contribution in [-0.4, -0.2) is 36.1 Å². The van der Waals surface area contributed by atoms with Crippen molar-refractivity contribution < 1.29 is 9.90 Å². The fourth-order valence-corrected chi connectivity index (χ4v) is 3.49. The van der Waals surface area contributed by atoms with Gasteiger partial charge in [0.2, 0.25) is 0 Å². The molecule has 1 amide bonds. The molecule has 2 aromatic rings. The number of hydrogen-bond donors (Lipinski definition) is 1. The van der Waals surface area contributed by atoms with E-state index in [4.69, 9.17) is 4.99 Å². The molecule has 0 aromatic heterocycles. The van der Waals surface area contributed by atoms with Crippen LogP contribution in [0.4, 0.5) is 5.69 Å². The number of rotatable bonds is 3. The average Bonchev–Trinajstić information content (AvgIpc) is 2.65. The van der Waals surface area contributed by atoms with Crippen LogP contribution in [0, 0.1) is 13.8 Å². The van der Waals surface area contributed by atoms with E-state index in [-0.39, 0.29) is 17.2 Å². The van der Waals surface area contributed by atoms with Crippen molar-refractivity contribution in [2.45, 2.75) is 52.0 Å². The van der Waals surface area contributed by atoms with Gasteiger partial charge in [0.1, 0.15) is 5.69 Å². The summed E-state index contributed by atoms with van der Waals surface area (Å²) in [5, 5.41) is 12.3. The summed E-state index contributed by atoms with van der Waals surface area (Å²) in [5.74, 6) is -0.314. The fraction of sp³-hybridized carbons (Fsp3) is 0.476. The zero-order valence-electron chi connectivity index (χ0n) is 16.0. The SMILES string of the molecule is Cc1c(C)c(=NC2CCCCC2)c1=Nc1cccc(C(=O)N(C)C)c1O. The summed E-state index contributed by atoms with van der Waals surface area (Å²) in [5.41, 5.74) is 2.95. The third-order valence-electron chi connectivity index (χ3n) is 5.27. The number of carbonyl (C=O) groups is 1. The minimum Gasteiger partial charge on any atom is -0.505 e. The second-order valence-electron chi connectivity index (χ2n) is 7.35. The Kier molecular flexibility index (Phi) is 5.25. The van der Waals surface area contributed by atoms with E-state index in [0.717, 1.165) is 29.1 Å². The predicted octanol–water partition coefficient (Wildman–Crippen LogP) is 3.05. The number of phenolic OH excluding ortho intramolecular Hbond substituents is 1. The summed E-state index contributed by atoms with van der Waals surface area (Å²) < 4.78 is 0. The van der Waals surface area contributed by atoms with Gasteiger partial charge in [-0.25, -0.2) is 4.99 Å². The molecule has 0 heterocycles. The Bertz CT molecular complexity index is 912. The summed E-state index contributed by atoms with van der Waals surface area (Å²) in [7, 11) is 3.33. The number of nitrogens with zero attached hydrogens (tertiary/aromatic N) is 3. The van der Waals surface area contributed by atoms with E-state index >= 15 is 0 Å². The maximum atomic E-state index is 12.2. The van der Waals surface area contributed by atoms with Gasteiger partial charge in [0.05, 0.1) is 22.3 Å². The van der Waals surface area contributed by atoms with E-state index in [1.54, 1.807) is 32.3 Å². The van der Waals surface area contributed by atoms with Crippen molar-refractivity contribution in [1.29, 1.82) is 0 Å². The van der Waals surface area contributed by atoms with Gasteiger partial charge in [-0.2, -0.15) is 0 Å². The van der Waals surface area contributed by atoms with Gasteiger partial charge in [0, 0.05) is 14.1 Å². The smallest absolute Gasteiger partial charge is 0.257 e. The number of hydrogen-bond acceptors (Lipinski definition) is 4. The molecule has 1 aliphatic rings. The Hall–Kier alpha value is -2.43. The van der Waals surface area contributed by atoms with Gasteiger partial charge in [-0.15, -0.1) is 0 Å². The number of amides is 1. The normalized spacial score (nSPS) is 17.1. The van der Waals surface area contributed by atoms with Crippen LogP contribution in [0.2, 0.25) is 0 Å². The first kappa shape index (κ1) is 18.4. The van der Waals surface area contributed by atoms with E-state index in [2.05, 4.69) is 11.9 Å². The van der Waals surface area contributed by atoms with E-state index in [9.17, 15) is 9.90 Å². The van der Waals surface area contributed by atoms with Crippen LogP contribution >= 0.6 is 0 Å². The van der Waals surface area contributed by atoms with E-state index in [0.29, 0.717) is 11.7 Å². The van der Waals surface area contributed by atoms with Crippen LogP contribution in [0.15, 0.2) is 28.2 Å². The molecule has 2 aromatic carbocycles. The number of phenols is 1. The van der Waals surface area contributed by atoms with E-state index in [1.807, 2.05) is 6.92 Å². The molecule has 1 aliphatic carbocycles. The summed E-state index contributed by atoms with van der Waals surface area (Å²) in [6.07, 6.45) is 6.06. The summed E-state index contributed by atoms with van der Waals surface area (Å²) >= 11 is 0. The largest absolute Gasteiger partial charge is 0.505 e. The molecule has 5 heteroatoms. The quantitative estimate of drug-likeness (QED) is 0.922. The second-order valence-corrected chi connectivity index (χ2v) is 7.35. The highest BCUT2D eigenvalue weighted by atomic mass is 16.3. The van der Waals surface area contributed by atoms with Crippen molar-refractivity contribution in [2.24, 2.45) is 9.98 Å². The number of para-hydroxylation sites is 1.